The van der Waals surface area contributed by atoms with Gasteiger partial charge in [-0.2, -0.15) is 5.10 Å². The van der Waals surface area contributed by atoms with Gasteiger partial charge in [0.15, 0.2) is 0 Å². The fourth-order valence-corrected chi connectivity index (χ4v) is 2.45. The van der Waals surface area contributed by atoms with Crippen molar-refractivity contribution in [1.82, 2.24) is 5.43 Å². The molecule has 0 aliphatic carbocycles. The van der Waals surface area contributed by atoms with Crippen LogP contribution in [0.3, 0.4) is 0 Å². The number of halogens is 1. The van der Waals surface area contributed by atoms with E-state index in [9.17, 15) is 9.59 Å². The molecule has 0 bridgehead atoms. The Hall–Kier alpha value is -3.64. The topological polar surface area (TPSA) is 79.8 Å². The zero-order valence-electron chi connectivity index (χ0n) is 15.3. The molecule has 0 saturated heterocycles. The van der Waals surface area contributed by atoms with Gasteiger partial charge in [0.05, 0.1) is 6.21 Å². The number of amides is 2. The van der Waals surface area contributed by atoms with Gasteiger partial charge in [0.25, 0.3) is 0 Å². The van der Waals surface area contributed by atoms with Crippen molar-refractivity contribution in [3.05, 3.63) is 95.0 Å². The fourth-order valence-electron chi connectivity index (χ4n) is 2.33. The molecule has 2 amide bonds. The predicted octanol–water partition coefficient (Wildman–Crippen LogP) is 4.01. The zero-order valence-corrected chi connectivity index (χ0v) is 16.1. The summed E-state index contributed by atoms with van der Waals surface area (Å²) in [6.45, 7) is 0.445. The lowest BCUT2D eigenvalue weighted by atomic mass is 10.2. The first kappa shape index (κ1) is 20.1. The summed E-state index contributed by atoms with van der Waals surface area (Å²) in [6, 6.07) is 23.4. The molecular formula is C22H18ClN3O3. The van der Waals surface area contributed by atoms with Crippen molar-refractivity contribution in [3.63, 3.8) is 0 Å². The van der Waals surface area contributed by atoms with Crippen LogP contribution >= 0.6 is 11.6 Å². The summed E-state index contributed by atoms with van der Waals surface area (Å²) in [5.74, 6) is -1.04. The van der Waals surface area contributed by atoms with E-state index < -0.39 is 11.8 Å². The van der Waals surface area contributed by atoms with Gasteiger partial charge in [-0.15, -0.1) is 0 Å². The molecule has 0 unspecified atom stereocenters. The van der Waals surface area contributed by atoms with Gasteiger partial charge in [-0.05, 0) is 47.5 Å². The average Bonchev–Trinajstić information content (AvgIpc) is 2.75. The summed E-state index contributed by atoms with van der Waals surface area (Å²) in [7, 11) is 0. The molecule has 0 aromatic heterocycles. The lowest BCUT2D eigenvalue weighted by Crippen LogP contribution is -2.32. The Labute approximate surface area is 173 Å². The van der Waals surface area contributed by atoms with Crippen molar-refractivity contribution in [1.29, 1.82) is 0 Å². The van der Waals surface area contributed by atoms with Crippen LogP contribution in [0.25, 0.3) is 0 Å². The van der Waals surface area contributed by atoms with Gasteiger partial charge < -0.3 is 10.1 Å². The van der Waals surface area contributed by atoms with E-state index in [0.717, 1.165) is 11.1 Å². The molecule has 3 rings (SSSR count). The van der Waals surface area contributed by atoms with Gasteiger partial charge in [0.1, 0.15) is 12.4 Å². The van der Waals surface area contributed by atoms with Crippen LogP contribution in [0.4, 0.5) is 5.69 Å². The normalized spacial score (nSPS) is 10.5. The Balaban J connectivity index is 1.46. The van der Waals surface area contributed by atoms with Gasteiger partial charge in [-0.25, -0.2) is 5.43 Å². The number of hydrogen-bond donors (Lipinski definition) is 2. The summed E-state index contributed by atoms with van der Waals surface area (Å²) >= 11 is 5.80. The monoisotopic (exact) mass is 407 g/mol. The first-order valence-corrected chi connectivity index (χ1v) is 9.15. The second-order valence-electron chi connectivity index (χ2n) is 6.00. The Kier molecular flexibility index (Phi) is 6.97. The molecule has 0 saturated carbocycles. The maximum Gasteiger partial charge on any atom is 0.329 e. The summed E-state index contributed by atoms with van der Waals surface area (Å²) in [5.41, 5.74) is 4.44. The van der Waals surface area contributed by atoms with Crippen molar-refractivity contribution in [2.45, 2.75) is 6.61 Å². The Morgan fingerprint density at radius 3 is 2.28 bits per heavy atom. The third-order valence-electron chi connectivity index (χ3n) is 3.82. The molecule has 29 heavy (non-hydrogen) atoms. The molecule has 0 aliphatic heterocycles. The highest BCUT2D eigenvalue weighted by Gasteiger charge is 2.12. The van der Waals surface area contributed by atoms with E-state index in [-0.39, 0.29) is 0 Å². The number of hydrogen-bond acceptors (Lipinski definition) is 4. The highest BCUT2D eigenvalue weighted by Crippen LogP contribution is 2.17. The fraction of sp³-hybridized carbons (Fsp3) is 0.0455. The van der Waals surface area contributed by atoms with Crippen molar-refractivity contribution in [2.75, 3.05) is 5.32 Å². The van der Waals surface area contributed by atoms with E-state index in [1.807, 2.05) is 30.3 Å². The van der Waals surface area contributed by atoms with E-state index in [0.29, 0.717) is 23.1 Å². The molecule has 2 N–H and O–H groups in total. The van der Waals surface area contributed by atoms with E-state index in [1.54, 1.807) is 48.5 Å². The third kappa shape index (κ3) is 6.48. The number of rotatable bonds is 6. The molecular weight excluding hydrogens is 390 g/mol. The largest absolute Gasteiger partial charge is 0.489 e. The number of nitrogens with one attached hydrogen (secondary N) is 2. The van der Waals surface area contributed by atoms with E-state index in [2.05, 4.69) is 15.8 Å². The van der Waals surface area contributed by atoms with E-state index in [4.69, 9.17) is 16.3 Å². The quantitative estimate of drug-likeness (QED) is 0.368. The Morgan fingerprint density at radius 2 is 1.59 bits per heavy atom. The van der Waals surface area contributed by atoms with Crippen LogP contribution in [0.1, 0.15) is 11.1 Å². The molecule has 0 heterocycles. The molecule has 0 fully saturated rings. The van der Waals surface area contributed by atoms with Crippen LogP contribution in [-0.4, -0.2) is 18.0 Å². The maximum absolute atomic E-state index is 11.9. The summed E-state index contributed by atoms with van der Waals surface area (Å²) in [6.07, 6.45) is 1.42. The van der Waals surface area contributed by atoms with Crippen molar-refractivity contribution in [3.8, 4) is 5.75 Å². The third-order valence-corrected chi connectivity index (χ3v) is 4.07. The Morgan fingerprint density at radius 1 is 0.897 bits per heavy atom. The first-order chi connectivity index (χ1) is 14.1. The average molecular weight is 408 g/mol. The van der Waals surface area contributed by atoms with Gasteiger partial charge >= 0.3 is 11.8 Å². The predicted molar refractivity (Wildman–Crippen MR) is 113 cm³/mol. The molecule has 7 heteroatoms. The number of anilines is 1. The number of nitrogens with zero attached hydrogens (tertiary/aromatic N) is 1. The molecule has 0 radical (unpaired) electrons. The number of carbonyl (C=O) groups excluding carboxylic acids is 2. The minimum absolute atomic E-state index is 0.445. The SMILES string of the molecule is O=C(N/N=C\c1ccc(Cl)cc1)C(=O)Nc1ccc(OCc2ccccc2)cc1. The number of ether oxygens (including phenoxy) is 1. The highest BCUT2D eigenvalue weighted by molar-refractivity contribution is 6.39. The first-order valence-electron chi connectivity index (χ1n) is 8.77. The van der Waals surface area contributed by atoms with Crippen LogP contribution in [0.5, 0.6) is 5.75 Å². The molecule has 6 nitrogen and oxygen atoms in total. The second kappa shape index (κ2) is 10.1. The van der Waals surface area contributed by atoms with Crippen LogP contribution < -0.4 is 15.5 Å². The van der Waals surface area contributed by atoms with Gasteiger partial charge in [0, 0.05) is 10.7 Å². The van der Waals surface area contributed by atoms with E-state index >= 15 is 0 Å². The van der Waals surface area contributed by atoms with Crippen LogP contribution in [0.2, 0.25) is 5.02 Å². The summed E-state index contributed by atoms with van der Waals surface area (Å²) in [5, 5.41) is 6.85. The van der Waals surface area contributed by atoms with Crippen LogP contribution in [-0.2, 0) is 16.2 Å². The second-order valence-corrected chi connectivity index (χ2v) is 6.44. The standard InChI is InChI=1S/C22H18ClN3O3/c23-18-8-6-16(7-9-18)14-24-26-22(28)21(27)25-19-10-12-20(13-11-19)29-15-17-4-2-1-3-5-17/h1-14H,15H2,(H,25,27)(H,26,28)/b24-14-. The van der Waals surface area contributed by atoms with Gasteiger partial charge in [0.2, 0.25) is 0 Å². The molecule has 0 atom stereocenters. The summed E-state index contributed by atoms with van der Waals surface area (Å²) < 4.78 is 5.68. The minimum atomic E-state index is -0.875. The molecule has 0 aliphatic rings. The molecule has 0 spiro atoms. The summed E-state index contributed by atoms with van der Waals surface area (Å²) in [4.78, 5) is 23.8. The van der Waals surface area contributed by atoms with Crippen molar-refractivity contribution >= 4 is 35.3 Å². The minimum Gasteiger partial charge on any atom is -0.489 e. The molecule has 3 aromatic carbocycles. The number of carbonyl (C=O) groups is 2. The maximum atomic E-state index is 11.9. The zero-order chi connectivity index (χ0) is 20.5. The lowest BCUT2D eigenvalue weighted by molar-refractivity contribution is -0.136. The van der Waals surface area contributed by atoms with Crippen LogP contribution in [0, 0.1) is 0 Å². The highest BCUT2D eigenvalue weighted by atomic mass is 35.5. The van der Waals surface area contributed by atoms with Crippen molar-refractivity contribution < 1.29 is 14.3 Å². The molecule has 146 valence electrons. The van der Waals surface area contributed by atoms with E-state index in [1.165, 1.54) is 6.21 Å². The van der Waals surface area contributed by atoms with Gasteiger partial charge in [-0.3, -0.25) is 9.59 Å². The van der Waals surface area contributed by atoms with Gasteiger partial charge in [-0.1, -0.05) is 54.1 Å². The smallest absolute Gasteiger partial charge is 0.329 e. The van der Waals surface area contributed by atoms with Crippen molar-refractivity contribution in [2.24, 2.45) is 5.10 Å². The molecule has 3 aromatic rings. The number of benzene rings is 3. The Bertz CT molecular complexity index is 988. The van der Waals surface area contributed by atoms with Crippen LogP contribution in [0.15, 0.2) is 84.0 Å². The number of hydrazone groups is 1. The lowest BCUT2D eigenvalue weighted by Gasteiger charge is -2.08.